The first kappa shape index (κ1) is 12.0. The monoisotopic (exact) mass is 285 g/mol. The van der Waals surface area contributed by atoms with E-state index in [1.165, 1.54) is 0 Å². The van der Waals surface area contributed by atoms with E-state index in [9.17, 15) is 0 Å². The Kier molecular flexibility index (Phi) is 2.80. The van der Waals surface area contributed by atoms with E-state index >= 15 is 0 Å². The van der Waals surface area contributed by atoms with Crippen molar-refractivity contribution in [2.75, 3.05) is 6.54 Å². The SMILES string of the molecule is C[C@@H]1CN2C(=N[C@@H](c3ccccn3)[C@H]2c2ccco2)S1. The highest BCUT2D eigenvalue weighted by atomic mass is 32.2. The standard InChI is InChI=1S/C15H15N3OS/c1-10-9-18-14(12-6-4-8-19-12)13(17-15(18)20-10)11-5-2-3-7-16-11/h2-8,10,13-14H,9H2,1H3/t10-,13+,14-/m1/s1. The van der Waals surface area contributed by atoms with Crippen LogP contribution in [0.2, 0.25) is 0 Å². The molecule has 0 amide bonds. The number of hydrogen-bond acceptors (Lipinski definition) is 5. The third-order valence-electron chi connectivity index (χ3n) is 3.72. The van der Waals surface area contributed by atoms with Gasteiger partial charge in [0, 0.05) is 18.0 Å². The first-order valence-corrected chi connectivity index (χ1v) is 7.66. The summed E-state index contributed by atoms with van der Waals surface area (Å²) >= 11 is 1.84. The van der Waals surface area contributed by atoms with Gasteiger partial charge >= 0.3 is 0 Å². The molecule has 4 heterocycles. The van der Waals surface area contributed by atoms with Crippen LogP contribution in [-0.4, -0.2) is 26.8 Å². The minimum atomic E-state index is 0.0253. The highest BCUT2D eigenvalue weighted by molar-refractivity contribution is 8.14. The van der Waals surface area contributed by atoms with Gasteiger partial charge in [-0.2, -0.15) is 0 Å². The second-order valence-corrected chi connectivity index (χ2v) is 6.56. The number of pyridine rings is 1. The van der Waals surface area contributed by atoms with E-state index in [2.05, 4.69) is 16.8 Å². The lowest BCUT2D eigenvalue weighted by atomic mass is 10.0. The molecular formula is C15H15N3OS. The molecule has 0 spiro atoms. The lowest BCUT2D eigenvalue weighted by molar-refractivity contribution is 0.275. The first-order chi connectivity index (χ1) is 9.83. The summed E-state index contributed by atoms with van der Waals surface area (Å²) in [5, 5.41) is 1.70. The third-order valence-corrected chi connectivity index (χ3v) is 4.82. The molecule has 2 aliphatic rings. The van der Waals surface area contributed by atoms with Gasteiger partial charge < -0.3 is 9.32 Å². The van der Waals surface area contributed by atoms with Crippen molar-refractivity contribution in [3.8, 4) is 0 Å². The van der Waals surface area contributed by atoms with Crippen LogP contribution in [0.1, 0.15) is 30.5 Å². The van der Waals surface area contributed by atoms with Gasteiger partial charge in [-0.05, 0) is 24.3 Å². The van der Waals surface area contributed by atoms with Crippen molar-refractivity contribution in [2.24, 2.45) is 4.99 Å². The van der Waals surface area contributed by atoms with Crippen LogP contribution < -0.4 is 0 Å². The Bertz CT molecular complexity index is 626. The number of aliphatic imine (C=N–C) groups is 1. The lowest BCUT2D eigenvalue weighted by Gasteiger charge is -2.24. The summed E-state index contributed by atoms with van der Waals surface area (Å²) in [6, 6.07) is 10.1. The highest BCUT2D eigenvalue weighted by Gasteiger charge is 2.44. The zero-order chi connectivity index (χ0) is 13.5. The Morgan fingerprint density at radius 3 is 3.00 bits per heavy atom. The lowest BCUT2D eigenvalue weighted by Crippen LogP contribution is -2.28. The van der Waals surface area contributed by atoms with Crippen molar-refractivity contribution in [2.45, 2.75) is 24.3 Å². The van der Waals surface area contributed by atoms with Crippen LogP contribution in [-0.2, 0) is 0 Å². The molecule has 2 aliphatic heterocycles. The number of rotatable bonds is 2. The Balaban J connectivity index is 1.77. The summed E-state index contributed by atoms with van der Waals surface area (Å²) in [5.41, 5.74) is 1.00. The Labute approximate surface area is 121 Å². The predicted molar refractivity (Wildman–Crippen MR) is 79.6 cm³/mol. The summed E-state index contributed by atoms with van der Waals surface area (Å²) in [4.78, 5) is 11.7. The molecule has 2 aromatic heterocycles. The molecule has 1 saturated heterocycles. The van der Waals surface area contributed by atoms with Crippen molar-refractivity contribution in [3.63, 3.8) is 0 Å². The van der Waals surface area contributed by atoms with Crippen molar-refractivity contribution < 1.29 is 4.42 Å². The molecule has 0 unspecified atom stereocenters. The van der Waals surface area contributed by atoms with Crippen LogP contribution in [0.15, 0.2) is 52.2 Å². The van der Waals surface area contributed by atoms with Gasteiger partial charge in [0.05, 0.1) is 12.0 Å². The molecule has 4 rings (SSSR count). The van der Waals surface area contributed by atoms with Gasteiger partial charge in [0.25, 0.3) is 0 Å². The minimum absolute atomic E-state index is 0.0253. The number of thioether (sulfide) groups is 1. The van der Waals surface area contributed by atoms with Crippen LogP contribution in [0.5, 0.6) is 0 Å². The van der Waals surface area contributed by atoms with Gasteiger partial charge in [0.2, 0.25) is 0 Å². The molecule has 4 nitrogen and oxygen atoms in total. The molecule has 0 saturated carbocycles. The molecule has 0 N–H and O–H groups in total. The van der Waals surface area contributed by atoms with Gasteiger partial charge in [0.15, 0.2) is 5.17 Å². The van der Waals surface area contributed by atoms with Crippen molar-refractivity contribution in [1.82, 2.24) is 9.88 Å². The highest BCUT2D eigenvalue weighted by Crippen LogP contribution is 2.47. The minimum Gasteiger partial charge on any atom is -0.467 e. The summed E-state index contributed by atoms with van der Waals surface area (Å²) in [6.45, 7) is 3.25. The van der Waals surface area contributed by atoms with Crippen molar-refractivity contribution >= 4 is 16.9 Å². The number of hydrogen-bond donors (Lipinski definition) is 0. The average Bonchev–Trinajstić information content (AvgIpc) is 3.14. The summed E-state index contributed by atoms with van der Waals surface area (Å²) in [5.74, 6) is 0.967. The van der Waals surface area contributed by atoms with Gasteiger partial charge in [-0.3, -0.25) is 4.98 Å². The van der Waals surface area contributed by atoms with Crippen LogP contribution in [0, 0.1) is 0 Å². The van der Waals surface area contributed by atoms with E-state index in [0.29, 0.717) is 5.25 Å². The zero-order valence-electron chi connectivity index (χ0n) is 11.1. The molecule has 0 aromatic carbocycles. The van der Waals surface area contributed by atoms with Gasteiger partial charge in [-0.1, -0.05) is 24.8 Å². The van der Waals surface area contributed by atoms with E-state index in [4.69, 9.17) is 9.41 Å². The number of fused-ring (bicyclic) bond motifs is 1. The van der Waals surface area contributed by atoms with E-state index in [-0.39, 0.29) is 12.1 Å². The second kappa shape index (κ2) is 4.66. The molecule has 0 aliphatic carbocycles. The van der Waals surface area contributed by atoms with Gasteiger partial charge in [-0.15, -0.1) is 0 Å². The first-order valence-electron chi connectivity index (χ1n) is 6.78. The van der Waals surface area contributed by atoms with E-state index in [0.717, 1.165) is 23.2 Å². The maximum atomic E-state index is 5.66. The largest absolute Gasteiger partial charge is 0.467 e. The quantitative estimate of drug-likeness (QED) is 0.849. The predicted octanol–water partition coefficient (Wildman–Crippen LogP) is 3.26. The Morgan fingerprint density at radius 1 is 1.30 bits per heavy atom. The number of aromatic nitrogens is 1. The normalized spacial score (nSPS) is 28.6. The summed E-state index contributed by atoms with van der Waals surface area (Å²) in [7, 11) is 0. The number of furan rings is 1. The third kappa shape index (κ3) is 1.85. The topological polar surface area (TPSA) is 41.6 Å². The molecule has 0 bridgehead atoms. The molecule has 5 heteroatoms. The van der Waals surface area contributed by atoms with Gasteiger partial charge in [-0.25, -0.2) is 4.99 Å². The molecular weight excluding hydrogens is 270 g/mol. The maximum Gasteiger partial charge on any atom is 0.161 e. The molecule has 3 atom stereocenters. The number of amidine groups is 1. The zero-order valence-corrected chi connectivity index (χ0v) is 12.0. The fourth-order valence-corrected chi connectivity index (χ4v) is 3.98. The van der Waals surface area contributed by atoms with Crippen LogP contribution in [0.3, 0.4) is 0 Å². The molecule has 1 fully saturated rings. The van der Waals surface area contributed by atoms with Gasteiger partial charge in [0.1, 0.15) is 17.8 Å². The second-order valence-electron chi connectivity index (χ2n) is 5.15. The molecule has 0 radical (unpaired) electrons. The van der Waals surface area contributed by atoms with Crippen LogP contribution >= 0.6 is 11.8 Å². The number of nitrogens with zero attached hydrogens (tertiary/aromatic N) is 3. The van der Waals surface area contributed by atoms with Crippen molar-refractivity contribution in [3.05, 3.63) is 54.2 Å². The maximum absolute atomic E-state index is 5.66. The van der Waals surface area contributed by atoms with Crippen LogP contribution in [0.25, 0.3) is 0 Å². The smallest absolute Gasteiger partial charge is 0.161 e. The average molecular weight is 285 g/mol. The van der Waals surface area contributed by atoms with Crippen molar-refractivity contribution in [1.29, 1.82) is 0 Å². The molecule has 102 valence electrons. The fourth-order valence-electron chi connectivity index (χ4n) is 2.88. The summed E-state index contributed by atoms with van der Waals surface area (Å²) < 4.78 is 5.66. The van der Waals surface area contributed by atoms with E-state index < -0.39 is 0 Å². The fraction of sp³-hybridized carbons (Fsp3) is 0.333. The van der Waals surface area contributed by atoms with Crippen LogP contribution in [0.4, 0.5) is 0 Å². The molecule has 20 heavy (non-hydrogen) atoms. The summed E-state index contributed by atoms with van der Waals surface area (Å²) in [6.07, 6.45) is 3.56. The Hall–Kier alpha value is -1.75. The van der Waals surface area contributed by atoms with E-state index in [1.807, 2.05) is 48.3 Å². The molecule has 2 aromatic rings. The Morgan fingerprint density at radius 2 is 2.25 bits per heavy atom. The van der Waals surface area contributed by atoms with E-state index in [1.54, 1.807) is 6.26 Å².